The van der Waals surface area contributed by atoms with E-state index in [-0.39, 0.29) is 29.8 Å². The molecule has 0 spiro atoms. The van der Waals surface area contributed by atoms with Crippen LogP contribution in [0.1, 0.15) is 27.1 Å². The minimum Gasteiger partial charge on any atom is -0.493 e. The molecule has 0 unspecified atom stereocenters. The van der Waals surface area contributed by atoms with Crippen molar-refractivity contribution in [2.24, 2.45) is 0 Å². The Morgan fingerprint density at radius 2 is 1.60 bits per heavy atom. The van der Waals surface area contributed by atoms with E-state index in [1.54, 1.807) is 24.3 Å². The van der Waals surface area contributed by atoms with Gasteiger partial charge in [-0.2, -0.15) is 0 Å². The standard InChI is InChI=1S/C21H21NO8/c1-27-20(25)14-8-9-16(21(26)28-2)17(12-14)22-18(23)13-30-19(24)10-11-29-15-6-4-3-5-7-15/h3-9,12H,10-11,13H2,1-2H3,(H,22,23). The Kier molecular flexibility index (Phi) is 8.37. The van der Waals surface area contributed by atoms with Gasteiger partial charge in [0.1, 0.15) is 5.75 Å². The minimum atomic E-state index is -0.711. The zero-order valence-corrected chi connectivity index (χ0v) is 16.5. The summed E-state index contributed by atoms with van der Waals surface area (Å²) in [7, 11) is 2.39. The maximum Gasteiger partial charge on any atom is 0.339 e. The predicted molar refractivity (Wildman–Crippen MR) is 105 cm³/mol. The number of anilines is 1. The number of rotatable bonds is 9. The molecule has 0 bridgehead atoms. The number of benzene rings is 2. The molecule has 0 aliphatic heterocycles. The van der Waals surface area contributed by atoms with E-state index in [0.29, 0.717) is 5.75 Å². The van der Waals surface area contributed by atoms with Crippen molar-refractivity contribution in [2.45, 2.75) is 6.42 Å². The third kappa shape index (κ3) is 6.62. The molecule has 0 radical (unpaired) electrons. The van der Waals surface area contributed by atoms with Gasteiger partial charge in [0.15, 0.2) is 6.61 Å². The summed E-state index contributed by atoms with van der Waals surface area (Å²) in [5.41, 5.74) is 0.176. The van der Waals surface area contributed by atoms with Crippen LogP contribution < -0.4 is 10.1 Å². The van der Waals surface area contributed by atoms with Crippen LogP contribution in [0.25, 0.3) is 0 Å². The van der Waals surface area contributed by atoms with Gasteiger partial charge in [-0.15, -0.1) is 0 Å². The number of methoxy groups -OCH3 is 2. The van der Waals surface area contributed by atoms with E-state index in [1.807, 2.05) is 6.07 Å². The number of amides is 1. The van der Waals surface area contributed by atoms with E-state index in [0.717, 1.165) is 0 Å². The van der Waals surface area contributed by atoms with E-state index in [2.05, 4.69) is 14.8 Å². The molecule has 9 nitrogen and oxygen atoms in total. The fourth-order valence-corrected chi connectivity index (χ4v) is 2.35. The molecule has 30 heavy (non-hydrogen) atoms. The van der Waals surface area contributed by atoms with E-state index < -0.39 is 30.4 Å². The average molecular weight is 415 g/mol. The SMILES string of the molecule is COC(=O)c1ccc(C(=O)OC)c(NC(=O)COC(=O)CCOc2ccccc2)c1. The highest BCUT2D eigenvalue weighted by atomic mass is 16.5. The number of ether oxygens (including phenoxy) is 4. The van der Waals surface area contributed by atoms with Crippen LogP contribution in [0, 0.1) is 0 Å². The normalized spacial score (nSPS) is 9.93. The van der Waals surface area contributed by atoms with Crippen LogP contribution in [-0.2, 0) is 23.8 Å². The van der Waals surface area contributed by atoms with Crippen molar-refractivity contribution in [3.05, 3.63) is 59.7 Å². The van der Waals surface area contributed by atoms with Crippen LogP contribution in [0.15, 0.2) is 48.5 Å². The summed E-state index contributed by atoms with van der Waals surface area (Å²) in [4.78, 5) is 47.5. The lowest BCUT2D eigenvalue weighted by Gasteiger charge is -2.12. The molecule has 0 atom stereocenters. The Labute approximate surface area is 172 Å². The molecular weight excluding hydrogens is 394 g/mol. The third-order valence-electron chi connectivity index (χ3n) is 3.80. The van der Waals surface area contributed by atoms with Crippen LogP contribution in [0.5, 0.6) is 5.75 Å². The second-order valence-electron chi connectivity index (χ2n) is 5.86. The lowest BCUT2D eigenvalue weighted by Crippen LogP contribution is -2.23. The van der Waals surface area contributed by atoms with Crippen LogP contribution in [0.4, 0.5) is 5.69 Å². The number of nitrogens with one attached hydrogen (secondary N) is 1. The molecule has 0 fully saturated rings. The highest BCUT2D eigenvalue weighted by Gasteiger charge is 2.18. The van der Waals surface area contributed by atoms with Crippen molar-refractivity contribution in [1.82, 2.24) is 0 Å². The summed E-state index contributed by atoms with van der Waals surface area (Å²) in [6.45, 7) is -0.481. The van der Waals surface area contributed by atoms with Crippen molar-refractivity contribution in [3.63, 3.8) is 0 Å². The summed E-state index contributed by atoms with van der Waals surface area (Å²) in [5.74, 6) is -2.07. The molecule has 158 valence electrons. The predicted octanol–water partition coefficient (Wildman–Crippen LogP) is 2.21. The average Bonchev–Trinajstić information content (AvgIpc) is 2.77. The first kappa shape index (κ1) is 22.4. The summed E-state index contributed by atoms with van der Waals surface area (Å²) < 4.78 is 19.6. The van der Waals surface area contributed by atoms with Crippen LogP contribution >= 0.6 is 0 Å². The largest absolute Gasteiger partial charge is 0.493 e. The topological polar surface area (TPSA) is 117 Å². The molecule has 0 aliphatic carbocycles. The van der Waals surface area contributed by atoms with Crippen molar-refractivity contribution in [1.29, 1.82) is 0 Å². The molecule has 2 rings (SSSR count). The van der Waals surface area contributed by atoms with Gasteiger partial charge in [0.05, 0.1) is 44.1 Å². The number of hydrogen-bond acceptors (Lipinski definition) is 8. The van der Waals surface area contributed by atoms with Crippen molar-refractivity contribution >= 4 is 29.5 Å². The van der Waals surface area contributed by atoms with E-state index in [1.165, 1.54) is 32.4 Å². The maximum absolute atomic E-state index is 12.1. The Hall–Kier alpha value is -3.88. The van der Waals surface area contributed by atoms with Crippen LogP contribution in [-0.4, -0.2) is 51.2 Å². The zero-order chi connectivity index (χ0) is 21.9. The molecule has 0 aliphatic rings. The van der Waals surface area contributed by atoms with Gasteiger partial charge in [-0.25, -0.2) is 9.59 Å². The third-order valence-corrected chi connectivity index (χ3v) is 3.80. The molecule has 0 saturated carbocycles. The molecule has 0 heterocycles. The Morgan fingerprint density at radius 3 is 2.27 bits per heavy atom. The van der Waals surface area contributed by atoms with Gasteiger partial charge in [0, 0.05) is 0 Å². The molecule has 2 aromatic carbocycles. The molecular formula is C21H21NO8. The smallest absolute Gasteiger partial charge is 0.339 e. The first-order chi connectivity index (χ1) is 14.4. The molecule has 0 aromatic heterocycles. The van der Waals surface area contributed by atoms with E-state index >= 15 is 0 Å². The Balaban J connectivity index is 1.90. The molecule has 0 saturated heterocycles. The first-order valence-corrected chi connectivity index (χ1v) is 8.88. The highest BCUT2D eigenvalue weighted by molar-refractivity contribution is 6.04. The lowest BCUT2D eigenvalue weighted by atomic mass is 10.1. The number of carbonyl (C=O) groups is 4. The van der Waals surface area contributed by atoms with Gasteiger partial charge >= 0.3 is 17.9 Å². The molecule has 9 heteroatoms. The van der Waals surface area contributed by atoms with Crippen molar-refractivity contribution in [3.8, 4) is 5.75 Å². The van der Waals surface area contributed by atoms with Crippen LogP contribution in [0.2, 0.25) is 0 Å². The van der Waals surface area contributed by atoms with Gasteiger partial charge in [0.25, 0.3) is 5.91 Å². The lowest BCUT2D eigenvalue weighted by molar-refractivity contribution is -0.147. The monoisotopic (exact) mass is 415 g/mol. The Morgan fingerprint density at radius 1 is 0.900 bits per heavy atom. The number of esters is 3. The van der Waals surface area contributed by atoms with Gasteiger partial charge in [-0.3, -0.25) is 9.59 Å². The van der Waals surface area contributed by atoms with Gasteiger partial charge < -0.3 is 24.3 Å². The van der Waals surface area contributed by atoms with Crippen molar-refractivity contribution < 1.29 is 38.1 Å². The fourth-order valence-electron chi connectivity index (χ4n) is 2.35. The van der Waals surface area contributed by atoms with Crippen LogP contribution in [0.3, 0.4) is 0 Å². The van der Waals surface area contributed by atoms with Gasteiger partial charge in [-0.05, 0) is 30.3 Å². The van der Waals surface area contributed by atoms with E-state index in [4.69, 9.17) is 9.47 Å². The maximum atomic E-state index is 12.1. The van der Waals surface area contributed by atoms with Crippen molar-refractivity contribution in [2.75, 3.05) is 32.8 Å². The minimum absolute atomic E-state index is 0.0261. The first-order valence-electron chi connectivity index (χ1n) is 8.88. The number of para-hydroxylation sites is 1. The fraction of sp³-hybridized carbons (Fsp3) is 0.238. The number of carbonyl (C=O) groups excluding carboxylic acids is 4. The quantitative estimate of drug-likeness (QED) is 0.489. The second kappa shape index (κ2) is 11.2. The van der Waals surface area contributed by atoms with Gasteiger partial charge in [-0.1, -0.05) is 18.2 Å². The molecule has 1 N–H and O–H groups in total. The highest BCUT2D eigenvalue weighted by Crippen LogP contribution is 2.20. The van der Waals surface area contributed by atoms with Gasteiger partial charge in [0.2, 0.25) is 0 Å². The zero-order valence-electron chi connectivity index (χ0n) is 16.5. The summed E-state index contributed by atoms with van der Waals surface area (Å²) in [6.07, 6.45) is -0.0482. The molecule has 1 amide bonds. The van der Waals surface area contributed by atoms with E-state index in [9.17, 15) is 19.2 Å². The Bertz CT molecular complexity index is 910. The summed E-state index contributed by atoms with van der Waals surface area (Å²) in [5, 5.41) is 2.43. The second-order valence-corrected chi connectivity index (χ2v) is 5.86. The summed E-state index contributed by atoms with van der Waals surface area (Å²) >= 11 is 0. The summed E-state index contributed by atoms with van der Waals surface area (Å²) in [6, 6.07) is 12.9. The number of hydrogen-bond donors (Lipinski definition) is 1. The molecule has 2 aromatic rings.